The van der Waals surface area contributed by atoms with Gasteiger partial charge in [-0.05, 0) is 35.0 Å². The van der Waals surface area contributed by atoms with Gasteiger partial charge in [0.25, 0.3) is 0 Å². The standard InChI is InChI=1S/C12H12BrF2NO5/c1-2-21-11(20)12(14,15)9(16)6-3-5(10(18)19)4-7(13)8(6)17/h3-4,9,17H,2,16H2,1H3,(H,18,19)/t9-/m0/s1. The van der Waals surface area contributed by atoms with Crippen molar-refractivity contribution in [2.45, 2.75) is 18.9 Å². The van der Waals surface area contributed by atoms with E-state index in [0.29, 0.717) is 0 Å². The van der Waals surface area contributed by atoms with E-state index in [2.05, 4.69) is 20.7 Å². The molecule has 0 fully saturated rings. The molecule has 6 nitrogen and oxygen atoms in total. The van der Waals surface area contributed by atoms with Crippen molar-refractivity contribution in [1.82, 2.24) is 0 Å². The van der Waals surface area contributed by atoms with Crippen LogP contribution in [0.3, 0.4) is 0 Å². The summed E-state index contributed by atoms with van der Waals surface area (Å²) < 4.78 is 31.8. The molecular formula is C12H12BrF2NO5. The van der Waals surface area contributed by atoms with E-state index in [1.807, 2.05) is 0 Å². The zero-order valence-corrected chi connectivity index (χ0v) is 12.4. The number of benzene rings is 1. The van der Waals surface area contributed by atoms with Gasteiger partial charge in [-0.3, -0.25) is 0 Å². The molecule has 0 aromatic heterocycles. The summed E-state index contributed by atoms with van der Waals surface area (Å²) in [5, 5.41) is 18.6. The van der Waals surface area contributed by atoms with Crippen LogP contribution in [0.1, 0.15) is 28.9 Å². The molecule has 9 heteroatoms. The van der Waals surface area contributed by atoms with Gasteiger partial charge >= 0.3 is 17.9 Å². The summed E-state index contributed by atoms with van der Waals surface area (Å²) in [6.45, 7) is 1.07. The number of carboxylic acid groups (broad SMARTS) is 1. The molecule has 4 N–H and O–H groups in total. The zero-order chi connectivity index (χ0) is 16.4. The molecular weight excluding hydrogens is 356 g/mol. The van der Waals surface area contributed by atoms with Gasteiger partial charge in [0.1, 0.15) is 11.8 Å². The lowest BCUT2D eigenvalue weighted by atomic mass is 9.98. The number of carbonyl (C=O) groups excluding carboxylic acids is 1. The highest BCUT2D eigenvalue weighted by Crippen LogP contribution is 2.39. The molecule has 0 heterocycles. The summed E-state index contributed by atoms with van der Waals surface area (Å²) in [4.78, 5) is 22.1. The van der Waals surface area contributed by atoms with Crippen molar-refractivity contribution in [2.75, 3.05) is 6.61 Å². The van der Waals surface area contributed by atoms with Gasteiger partial charge in [0.15, 0.2) is 0 Å². The first-order valence-corrected chi connectivity index (χ1v) is 6.48. The number of phenols is 1. The Balaban J connectivity index is 3.32. The Morgan fingerprint density at radius 3 is 2.52 bits per heavy atom. The van der Waals surface area contributed by atoms with Crippen LogP contribution in [0.2, 0.25) is 0 Å². The molecule has 0 saturated carbocycles. The first-order chi connectivity index (χ1) is 9.62. The van der Waals surface area contributed by atoms with Gasteiger partial charge in [-0.15, -0.1) is 0 Å². The molecule has 116 valence electrons. The van der Waals surface area contributed by atoms with E-state index in [9.17, 15) is 23.5 Å². The summed E-state index contributed by atoms with van der Waals surface area (Å²) in [6, 6.07) is -0.455. The first kappa shape index (κ1) is 17.3. The van der Waals surface area contributed by atoms with Crippen LogP contribution in [0.15, 0.2) is 16.6 Å². The predicted octanol–water partition coefficient (Wildman–Crippen LogP) is 2.05. The minimum absolute atomic E-state index is 0.132. The van der Waals surface area contributed by atoms with E-state index < -0.39 is 35.2 Å². The van der Waals surface area contributed by atoms with E-state index in [1.54, 1.807) is 0 Å². The minimum Gasteiger partial charge on any atom is -0.506 e. The van der Waals surface area contributed by atoms with Crippen LogP contribution in [-0.4, -0.2) is 34.7 Å². The zero-order valence-electron chi connectivity index (χ0n) is 10.8. The van der Waals surface area contributed by atoms with E-state index in [-0.39, 0.29) is 16.6 Å². The van der Waals surface area contributed by atoms with Crippen LogP contribution >= 0.6 is 15.9 Å². The van der Waals surface area contributed by atoms with Crippen LogP contribution in [-0.2, 0) is 9.53 Å². The monoisotopic (exact) mass is 367 g/mol. The summed E-state index contributed by atoms with van der Waals surface area (Å²) in [7, 11) is 0. The fraction of sp³-hybridized carbons (Fsp3) is 0.333. The molecule has 0 bridgehead atoms. The molecule has 0 radical (unpaired) electrons. The van der Waals surface area contributed by atoms with Crippen molar-refractivity contribution in [3.63, 3.8) is 0 Å². The molecule has 1 atom stereocenters. The molecule has 0 spiro atoms. The van der Waals surface area contributed by atoms with Gasteiger partial charge in [0, 0.05) is 5.56 Å². The van der Waals surface area contributed by atoms with Crippen LogP contribution in [0.25, 0.3) is 0 Å². The summed E-state index contributed by atoms with van der Waals surface area (Å²) >= 11 is 2.84. The Hall–Kier alpha value is -1.74. The number of halogens is 3. The van der Waals surface area contributed by atoms with Crippen molar-refractivity contribution in [1.29, 1.82) is 0 Å². The average Bonchev–Trinajstić information content (AvgIpc) is 2.40. The molecule has 0 saturated heterocycles. The highest BCUT2D eigenvalue weighted by molar-refractivity contribution is 9.10. The maximum Gasteiger partial charge on any atom is 0.379 e. The van der Waals surface area contributed by atoms with Crippen molar-refractivity contribution < 1.29 is 33.3 Å². The van der Waals surface area contributed by atoms with Crippen molar-refractivity contribution in [3.05, 3.63) is 27.7 Å². The predicted molar refractivity (Wildman–Crippen MR) is 71.3 cm³/mol. The van der Waals surface area contributed by atoms with Crippen LogP contribution < -0.4 is 5.73 Å². The Morgan fingerprint density at radius 1 is 1.48 bits per heavy atom. The number of nitrogens with two attached hydrogens (primary N) is 1. The SMILES string of the molecule is CCOC(=O)C(F)(F)[C@@H](N)c1cc(C(=O)O)cc(Br)c1O. The third kappa shape index (κ3) is 3.48. The number of rotatable bonds is 5. The largest absolute Gasteiger partial charge is 0.506 e. The normalized spacial score (nSPS) is 12.8. The second-order valence-electron chi connectivity index (χ2n) is 4.02. The molecule has 0 amide bonds. The Labute approximate surface area is 126 Å². The highest BCUT2D eigenvalue weighted by atomic mass is 79.9. The number of hydrogen-bond donors (Lipinski definition) is 3. The number of hydrogen-bond acceptors (Lipinski definition) is 5. The fourth-order valence-corrected chi connectivity index (χ4v) is 2.01. The maximum atomic E-state index is 13.9. The number of alkyl halides is 2. The fourth-order valence-electron chi connectivity index (χ4n) is 1.53. The van der Waals surface area contributed by atoms with Crippen LogP contribution in [0.4, 0.5) is 8.78 Å². The Kier molecular flexibility index (Phi) is 5.24. The smallest absolute Gasteiger partial charge is 0.379 e. The molecule has 0 unspecified atom stereocenters. The second kappa shape index (κ2) is 6.35. The highest BCUT2D eigenvalue weighted by Gasteiger charge is 2.49. The molecule has 0 aliphatic heterocycles. The minimum atomic E-state index is -4.12. The van der Waals surface area contributed by atoms with E-state index in [4.69, 9.17) is 10.8 Å². The topological polar surface area (TPSA) is 110 Å². The third-order valence-electron chi connectivity index (χ3n) is 2.61. The molecule has 1 aromatic rings. The Morgan fingerprint density at radius 2 is 2.05 bits per heavy atom. The van der Waals surface area contributed by atoms with Gasteiger partial charge in [0.2, 0.25) is 0 Å². The van der Waals surface area contributed by atoms with Crippen molar-refractivity contribution in [2.24, 2.45) is 5.73 Å². The van der Waals surface area contributed by atoms with Gasteiger partial charge in [-0.2, -0.15) is 8.78 Å². The Bertz CT molecular complexity index is 579. The summed E-state index contributed by atoms with van der Waals surface area (Å²) in [5.74, 6) is -8.04. The van der Waals surface area contributed by atoms with Crippen molar-refractivity contribution in [3.8, 4) is 5.75 Å². The lowest BCUT2D eigenvalue weighted by Crippen LogP contribution is -2.41. The van der Waals surface area contributed by atoms with Crippen LogP contribution in [0, 0.1) is 0 Å². The number of phenolic OH excluding ortho intramolecular Hbond substituents is 1. The van der Waals surface area contributed by atoms with Crippen molar-refractivity contribution >= 4 is 27.9 Å². The number of esters is 1. The quantitative estimate of drug-likeness (QED) is 0.687. The number of carbonyl (C=O) groups is 2. The first-order valence-electron chi connectivity index (χ1n) is 5.69. The van der Waals surface area contributed by atoms with Crippen LogP contribution in [0.5, 0.6) is 5.75 Å². The molecule has 1 rings (SSSR count). The molecule has 0 aliphatic carbocycles. The number of aromatic carboxylic acids is 1. The molecule has 21 heavy (non-hydrogen) atoms. The van der Waals surface area contributed by atoms with Gasteiger partial charge in [-0.25, -0.2) is 9.59 Å². The van der Waals surface area contributed by atoms with E-state index in [0.717, 1.165) is 12.1 Å². The summed E-state index contributed by atoms with van der Waals surface area (Å²) in [5.41, 5.74) is 4.36. The van der Waals surface area contributed by atoms with E-state index in [1.165, 1.54) is 6.92 Å². The van der Waals surface area contributed by atoms with Gasteiger partial charge < -0.3 is 20.7 Å². The number of aromatic hydroxyl groups is 1. The average molecular weight is 368 g/mol. The van der Waals surface area contributed by atoms with Gasteiger partial charge in [-0.1, -0.05) is 0 Å². The second-order valence-corrected chi connectivity index (χ2v) is 4.88. The molecule has 0 aliphatic rings. The molecule has 1 aromatic carbocycles. The van der Waals surface area contributed by atoms with E-state index >= 15 is 0 Å². The number of carboxylic acids is 1. The van der Waals surface area contributed by atoms with Gasteiger partial charge in [0.05, 0.1) is 16.6 Å². The summed E-state index contributed by atoms with van der Waals surface area (Å²) in [6.07, 6.45) is 0. The third-order valence-corrected chi connectivity index (χ3v) is 3.22. The lowest BCUT2D eigenvalue weighted by molar-refractivity contribution is -0.174. The number of ether oxygens (including phenoxy) is 1. The lowest BCUT2D eigenvalue weighted by Gasteiger charge is -2.23. The maximum absolute atomic E-state index is 13.9.